The summed E-state index contributed by atoms with van der Waals surface area (Å²) in [5, 5.41) is 16.8. The molecule has 0 aliphatic rings. The minimum atomic E-state index is -0.438. The molecule has 0 amide bonds. The quantitative estimate of drug-likeness (QED) is 0.713. The molecule has 0 aliphatic heterocycles. The summed E-state index contributed by atoms with van der Waals surface area (Å²) in [6, 6.07) is 11.6. The number of pyridine rings is 1. The maximum absolute atomic E-state index is 13.9. The summed E-state index contributed by atoms with van der Waals surface area (Å²) >= 11 is 0. The van der Waals surface area contributed by atoms with E-state index < -0.39 is 5.82 Å². The van der Waals surface area contributed by atoms with Gasteiger partial charge in [-0.3, -0.25) is 4.98 Å². The lowest BCUT2D eigenvalue weighted by atomic mass is 10.1. The van der Waals surface area contributed by atoms with Crippen LogP contribution >= 0.6 is 0 Å². The summed E-state index contributed by atoms with van der Waals surface area (Å²) < 4.78 is 15.2. The third-order valence-electron chi connectivity index (χ3n) is 2.79. The van der Waals surface area contributed by atoms with Gasteiger partial charge in [-0.25, -0.2) is 9.07 Å². The summed E-state index contributed by atoms with van der Waals surface area (Å²) in [4.78, 5) is 4.00. The molecule has 0 atom stereocenters. The maximum Gasteiger partial charge on any atom is 0.191 e. The lowest BCUT2D eigenvalue weighted by Crippen LogP contribution is -2.02. The molecule has 2 aromatic heterocycles. The van der Waals surface area contributed by atoms with Gasteiger partial charge in [0.1, 0.15) is 23.3 Å². The third kappa shape index (κ3) is 1.91. The summed E-state index contributed by atoms with van der Waals surface area (Å²) in [5.74, 6) is -0.438. The van der Waals surface area contributed by atoms with E-state index in [1.165, 1.54) is 10.7 Å². The Bertz CT molecular complexity index is 789. The largest absolute Gasteiger partial charge is 0.264 e. The van der Waals surface area contributed by atoms with Gasteiger partial charge in [-0.15, -0.1) is 5.10 Å². The first-order valence-corrected chi connectivity index (χ1v) is 5.82. The molecule has 1 aromatic carbocycles. The highest BCUT2D eigenvalue weighted by Gasteiger charge is 2.18. The molecule has 0 bridgehead atoms. The normalized spacial score (nSPS) is 10.2. The van der Waals surface area contributed by atoms with Crippen LogP contribution in [0.2, 0.25) is 0 Å². The molecule has 0 radical (unpaired) electrons. The van der Waals surface area contributed by atoms with Gasteiger partial charge >= 0.3 is 0 Å². The summed E-state index contributed by atoms with van der Waals surface area (Å²) in [5.41, 5.74) is 1.43. The Morgan fingerprint density at radius 3 is 2.70 bits per heavy atom. The second-order valence-corrected chi connectivity index (χ2v) is 4.00. The standard InChI is InChI=1S/C14H8FN5/c15-11-5-1-2-6-13(11)20-14(12(8-16)18-19-20)10-4-3-7-17-9-10/h1-7,9H. The molecule has 0 unspecified atom stereocenters. The van der Waals surface area contributed by atoms with Crippen LogP contribution in [0.4, 0.5) is 4.39 Å². The molecule has 0 fully saturated rings. The second kappa shape index (κ2) is 4.90. The molecule has 5 nitrogen and oxygen atoms in total. The Hall–Kier alpha value is -3.07. The molecule has 20 heavy (non-hydrogen) atoms. The summed E-state index contributed by atoms with van der Waals surface area (Å²) in [6.45, 7) is 0. The monoisotopic (exact) mass is 265 g/mol. The molecule has 0 N–H and O–H groups in total. The lowest BCUT2D eigenvalue weighted by Gasteiger charge is -2.07. The van der Waals surface area contributed by atoms with Gasteiger partial charge in [-0.05, 0) is 24.3 Å². The van der Waals surface area contributed by atoms with Crippen molar-refractivity contribution in [1.82, 2.24) is 20.0 Å². The van der Waals surface area contributed by atoms with Crippen molar-refractivity contribution in [3.8, 4) is 23.0 Å². The van der Waals surface area contributed by atoms with Crippen molar-refractivity contribution in [2.75, 3.05) is 0 Å². The van der Waals surface area contributed by atoms with Crippen LogP contribution in [-0.2, 0) is 0 Å². The highest BCUT2D eigenvalue weighted by atomic mass is 19.1. The van der Waals surface area contributed by atoms with E-state index in [-0.39, 0.29) is 11.4 Å². The van der Waals surface area contributed by atoms with Crippen LogP contribution in [-0.4, -0.2) is 20.0 Å². The van der Waals surface area contributed by atoms with Crippen LogP contribution in [0.3, 0.4) is 0 Å². The number of nitriles is 1. The van der Waals surface area contributed by atoms with Crippen molar-refractivity contribution in [2.45, 2.75) is 0 Å². The van der Waals surface area contributed by atoms with E-state index in [9.17, 15) is 4.39 Å². The Morgan fingerprint density at radius 1 is 1.15 bits per heavy atom. The number of aromatic nitrogens is 4. The fourth-order valence-electron chi connectivity index (χ4n) is 1.91. The minimum absolute atomic E-state index is 0.126. The van der Waals surface area contributed by atoms with E-state index in [1.54, 1.807) is 42.7 Å². The summed E-state index contributed by atoms with van der Waals surface area (Å²) in [6.07, 6.45) is 3.20. The van der Waals surface area contributed by atoms with Crippen LogP contribution in [0.25, 0.3) is 16.9 Å². The minimum Gasteiger partial charge on any atom is -0.264 e. The first-order valence-electron chi connectivity index (χ1n) is 5.82. The number of benzene rings is 1. The molecule has 2 heterocycles. The van der Waals surface area contributed by atoms with E-state index in [0.29, 0.717) is 11.3 Å². The molecule has 3 rings (SSSR count). The predicted molar refractivity (Wildman–Crippen MR) is 69.3 cm³/mol. The smallest absolute Gasteiger partial charge is 0.191 e. The zero-order valence-electron chi connectivity index (χ0n) is 10.2. The zero-order valence-corrected chi connectivity index (χ0v) is 10.2. The summed E-state index contributed by atoms with van der Waals surface area (Å²) in [7, 11) is 0. The van der Waals surface area contributed by atoms with Crippen LogP contribution < -0.4 is 0 Å². The number of para-hydroxylation sites is 1. The van der Waals surface area contributed by atoms with Gasteiger partial charge in [-0.2, -0.15) is 5.26 Å². The van der Waals surface area contributed by atoms with E-state index >= 15 is 0 Å². The molecule has 0 aliphatic carbocycles. The van der Waals surface area contributed by atoms with Gasteiger partial charge < -0.3 is 0 Å². The van der Waals surface area contributed by atoms with Crippen LogP contribution in [0, 0.1) is 17.1 Å². The topological polar surface area (TPSA) is 67.4 Å². The lowest BCUT2D eigenvalue weighted by molar-refractivity contribution is 0.608. The molecule has 0 spiro atoms. The van der Waals surface area contributed by atoms with Gasteiger partial charge in [0.15, 0.2) is 5.69 Å². The average molecular weight is 265 g/mol. The van der Waals surface area contributed by atoms with Crippen molar-refractivity contribution in [3.63, 3.8) is 0 Å². The molecular formula is C14H8FN5. The van der Waals surface area contributed by atoms with Crippen molar-refractivity contribution in [1.29, 1.82) is 5.26 Å². The third-order valence-corrected chi connectivity index (χ3v) is 2.79. The van der Waals surface area contributed by atoms with Crippen LogP contribution in [0.1, 0.15) is 5.69 Å². The van der Waals surface area contributed by atoms with E-state index in [1.807, 2.05) is 6.07 Å². The number of nitrogens with zero attached hydrogens (tertiary/aromatic N) is 5. The highest BCUT2D eigenvalue weighted by molar-refractivity contribution is 5.66. The van der Waals surface area contributed by atoms with Crippen LogP contribution in [0.15, 0.2) is 48.8 Å². The molecule has 3 aromatic rings. The molecule has 96 valence electrons. The molecule has 6 heteroatoms. The number of hydrogen-bond acceptors (Lipinski definition) is 4. The van der Waals surface area contributed by atoms with Crippen molar-refractivity contribution >= 4 is 0 Å². The van der Waals surface area contributed by atoms with Crippen molar-refractivity contribution < 1.29 is 4.39 Å². The second-order valence-electron chi connectivity index (χ2n) is 4.00. The molecule has 0 saturated heterocycles. The van der Waals surface area contributed by atoms with Gasteiger partial charge in [0.25, 0.3) is 0 Å². The fraction of sp³-hybridized carbons (Fsp3) is 0. The fourth-order valence-corrected chi connectivity index (χ4v) is 1.91. The molecule has 0 saturated carbocycles. The SMILES string of the molecule is N#Cc1nnn(-c2ccccc2F)c1-c1cccnc1. The van der Waals surface area contributed by atoms with Crippen molar-refractivity contribution in [3.05, 3.63) is 60.3 Å². The van der Waals surface area contributed by atoms with E-state index in [0.717, 1.165) is 0 Å². The van der Waals surface area contributed by atoms with E-state index in [4.69, 9.17) is 5.26 Å². The maximum atomic E-state index is 13.9. The van der Waals surface area contributed by atoms with Crippen molar-refractivity contribution in [2.24, 2.45) is 0 Å². The Labute approximate surface area is 113 Å². The van der Waals surface area contributed by atoms with Gasteiger partial charge in [0.05, 0.1) is 0 Å². The Kier molecular flexibility index (Phi) is 2.94. The first-order chi connectivity index (χ1) is 9.81. The van der Waals surface area contributed by atoms with Crippen LogP contribution in [0.5, 0.6) is 0 Å². The molecular weight excluding hydrogens is 257 g/mol. The Balaban J connectivity index is 2.27. The highest BCUT2D eigenvalue weighted by Crippen LogP contribution is 2.25. The predicted octanol–water partition coefficient (Wildman–Crippen LogP) is 2.34. The van der Waals surface area contributed by atoms with E-state index in [2.05, 4.69) is 15.3 Å². The average Bonchev–Trinajstić information content (AvgIpc) is 2.92. The number of hydrogen-bond donors (Lipinski definition) is 0. The van der Waals surface area contributed by atoms with Gasteiger partial charge in [0.2, 0.25) is 0 Å². The zero-order chi connectivity index (χ0) is 13.9. The first kappa shape index (κ1) is 12.0. The van der Waals surface area contributed by atoms with Gasteiger partial charge in [0, 0.05) is 18.0 Å². The number of halogens is 1. The van der Waals surface area contributed by atoms with Gasteiger partial charge in [-0.1, -0.05) is 17.3 Å². The number of rotatable bonds is 2. The Morgan fingerprint density at radius 2 is 2.00 bits per heavy atom.